The van der Waals surface area contributed by atoms with E-state index in [9.17, 15) is 0 Å². The van der Waals surface area contributed by atoms with E-state index in [2.05, 4.69) is 339 Å². The molecule has 2 aliphatic heterocycles. The number of hydrogen-bond acceptors (Lipinski definition) is 3. The third kappa shape index (κ3) is 8.55. The van der Waals surface area contributed by atoms with Crippen LogP contribution in [0, 0.1) is 6.92 Å². The zero-order chi connectivity index (χ0) is 57.9. The second-order valence-electron chi connectivity index (χ2n) is 26.7. The summed E-state index contributed by atoms with van der Waals surface area (Å²) in [5, 5.41) is 0. The van der Waals surface area contributed by atoms with Crippen LogP contribution in [-0.2, 0) is 21.7 Å². The molecule has 0 aromatic heterocycles. The fraction of sp³-hybridized carbons (Fsp3) is 0.175. The van der Waals surface area contributed by atoms with Gasteiger partial charge in [-0.1, -0.05) is 238 Å². The lowest BCUT2D eigenvalue weighted by atomic mass is 9.33. The van der Waals surface area contributed by atoms with E-state index in [0.717, 1.165) is 28.4 Å². The second-order valence-corrected chi connectivity index (χ2v) is 26.7. The fourth-order valence-electron chi connectivity index (χ4n) is 14.0. The largest absolute Gasteiger partial charge is 0.311 e. The third-order valence-corrected chi connectivity index (χ3v) is 18.2. The molecule has 0 bridgehead atoms. The predicted octanol–water partition coefficient (Wildman–Crippen LogP) is 19.5. The minimum atomic E-state index is -0.587. The van der Waals surface area contributed by atoms with E-state index in [1.807, 2.05) is 0 Å². The normalized spacial score (nSPS) is 13.9. The fourth-order valence-corrected chi connectivity index (χ4v) is 14.0. The first-order chi connectivity index (χ1) is 40.5. The predicted molar refractivity (Wildman–Crippen MR) is 359 cm³/mol. The van der Waals surface area contributed by atoms with Gasteiger partial charge in [-0.15, -0.1) is 0 Å². The van der Waals surface area contributed by atoms with Gasteiger partial charge < -0.3 is 14.7 Å². The summed E-state index contributed by atoms with van der Waals surface area (Å²) in [6.45, 7) is 23.2. The quantitative estimate of drug-likeness (QED) is 0.140. The average molecular weight is 1090 g/mol. The van der Waals surface area contributed by atoms with Crippen LogP contribution >= 0.6 is 0 Å². The monoisotopic (exact) mass is 1090 g/mol. The van der Waals surface area contributed by atoms with Crippen molar-refractivity contribution in [1.29, 1.82) is 0 Å². The van der Waals surface area contributed by atoms with Gasteiger partial charge >= 0.3 is 0 Å². The lowest BCUT2D eigenvalue weighted by Gasteiger charge is -2.45. The first-order valence-electron chi connectivity index (χ1n) is 30.0. The average Bonchev–Trinajstić information content (AvgIpc) is 1.48. The van der Waals surface area contributed by atoms with Crippen molar-refractivity contribution in [2.45, 2.75) is 90.9 Å². The van der Waals surface area contributed by atoms with Crippen molar-refractivity contribution in [3.05, 3.63) is 299 Å². The van der Waals surface area contributed by atoms with Crippen LogP contribution < -0.4 is 31.1 Å². The Hall–Kier alpha value is -9.12. The number of benzene rings is 11. The Kier molecular flexibility index (Phi) is 12.5. The SMILES string of the molecule is Cc1cc2c3c(c1)N(c1ccc(C(C)(C)C)cc1-c1ccc(C(C)(C)C)cc1)c1ccc(C(C)(C)C)cc1B3c1ccc(N(c3ccccc3)c3ccccc3)cc1N2c1ccc2c(c1)C(c1ccccc1)(c1ccccc1)c1ccccc1-2. The van der Waals surface area contributed by atoms with E-state index in [-0.39, 0.29) is 23.0 Å². The summed E-state index contributed by atoms with van der Waals surface area (Å²) < 4.78 is 0. The minimum absolute atomic E-state index is 0.0263. The number of para-hydroxylation sites is 2. The van der Waals surface area contributed by atoms with Crippen LogP contribution in [0.4, 0.5) is 51.2 Å². The van der Waals surface area contributed by atoms with Gasteiger partial charge in [0.2, 0.25) is 0 Å². The molecular formula is C80H72BN3. The molecule has 4 heteroatoms. The smallest absolute Gasteiger partial charge is 0.252 e. The number of rotatable bonds is 8. The number of nitrogens with zero attached hydrogens (tertiary/aromatic N) is 3. The molecule has 0 saturated carbocycles. The Morgan fingerprint density at radius 2 is 0.857 bits per heavy atom. The van der Waals surface area contributed by atoms with Gasteiger partial charge in [0, 0.05) is 51.1 Å². The van der Waals surface area contributed by atoms with Crippen LogP contribution in [0.2, 0.25) is 0 Å². The molecular weight excluding hydrogens is 1010 g/mol. The molecule has 3 nitrogen and oxygen atoms in total. The number of fused-ring (bicyclic) bond motifs is 7. The zero-order valence-electron chi connectivity index (χ0n) is 50.2. The Morgan fingerprint density at radius 3 is 1.45 bits per heavy atom. The zero-order valence-corrected chi connectivity index (χ0v) is 50.2. The van der Waals surface area contributed by atoms with Gasteiger partial charge in [0.05, 0.1) is 11.1 Å². The molecule has 410 valence electrons. The number of aryl methyl sites for hydroxylation is 1. The highest BCUT2D eigenvalue weighted by Crippen LogP contribution is 2.58. The van der Waals surface area contributed by atoms with Crippen LogP contribution in [-0.4, -0.2) is 6.71 Å². The first kappa shape index (κ1) is 52.9. The number of hydrogen-bond donors (Lipinski definition) is 0. The molecule has 0 spiro atoms. The lowest BCUT2D eigenvalue weighted by Crippen LogP contribution is -2.61. The molecule has 11 aromatic rings. The lowest BCUT2D eigenvalue weighted by molar-refractivity contribution is 0.590. The summed E-state index contributed by atoms with van der Waals surface area (Å²) in [4.78, 5) is 7.67. The van der Waals surface area contributed by atoms with Crippen molar-refractivity contribution in [3.8, 4) is 22.3 Å². The third-order valence-electron chi connectivity index (χ3n) is 18.2. The summed E-state index contributed by atoms with van der Waals surface area (Å²) in [5.41, 5.74) is 28.7. The van der Waals surface area contributed by atoms with Gasteiger partial charge in [0.25, 0.3) is 6.71 Å². The van der Waals surface area contributed by atoms with E-state index < -0.39 is 5.41 Å². The van der Waals surface area contributed by atoms with Crippen molar-refractivity contribution in [3.63, 3.8) is 0 Å². The van der Waals surface area contributed by atoms with Crippen LogP contribution in [0.15, 0.2) is 255 Å². The van der Waals surface area contributed by atoms with Crippen molar-refractivity contribution in [1.82, 2.24) is 0 Å². The molecule has 0 fully saturated rings. The molecule has 0 unspecified atom stereocenters. The van der Waals surface area contributed by atoms with E-state index in [4.69, 9.17) is 0 Å². The Balaban J connectivity index is 1.08. The Morgan fingerprint density at radius 1 is 0.345 bits per heavy atom. The van der Waals surface area contributed by atoms with Crippen LogP contribution in [0.3, 0.4) is 0 Å². The molecule has 3 aliphatic rings. The molecule has 1 aliphatic carbocycles. The second kappa shape index (κ2) is 19.8. The van der Waals surface area contributed by atoms with Gasteiger partial charge in [-0.2, -0.15) is 0 Å². The van der Waals surface area contributed by atoms with Crippen molar-refractivity contribution in [2.24, 2.45) is 0 Å². The van der Waals surface area contributed by atoms with Crippen LogP contribution in [0.25, 0.3) is 22.3 Å². The molecule has 0 atom stereocenters. The van der Waals surface area contributed by atoms with E-state index >= 15 is 0 Å². The molecule has 2 heterocycles. The summed E-state index contributed by atoms with van der Waals surface area (Å²) in [7, 11) is 0. The van der Waals surface area contributed by atoms with Crippen molar-refractivity contribution in [2.75, 3.05) is 14.7 Å². The van der Waals surface area contributed by atoms with Gasteiger partial charge in [-0.05, 0) is 180 Å². The van der Waals surface area contributed by atoms with Crippen molar-refractivity contribution >= 4 is 74.3 Å². The summed E-state index contributed by atoms with van der Waals surface area (Å²) in [6, 6.07) is 96.9. The van der Waals surface area contributed by atoms with Gasteiger partial charge in [0.1, 0.15) is 0 Å². The van der Waals surface area contributed by atoms with Crippen molar-refractivity contribution < 1.29 is 0 Å². The van der Waals surface area contributed by atoms with Crippen LogP contribution in [0.5, 0.6) is 0 Å². The molecule has 11 aromatic carbocycles. The standard InChI is InChI=1S/C80H72BN3/c1-53-47-74-76-75(48-53)84(71-45-39-58(78(5,6)7)49-66(71)54-35-37-55(38-36-54)77(2,3)4)72-46-40-59(79(8,9)10)50-70(72)81(76)69-44-42-63(82(60-29-19-13-20-30-60)61-31-21-14-22-32-61)52-73(69)83(74)62-41-43-65-64-33-23-24-34-67(64)80(68(65)51-62,56-25-15-11-16-26-56)57-27-17-12-18-28-57/h11-52H,1-10H3. The molecule has 14 rings (SSSR count). The molecule has 84 heavy (non-hydrogen) atoms. The maximum absolute atomic E-state index is 2.63. The maximum atomic E-state index is 2.63. The van der Waals surface area contributed by atoms with E-state index in [0.29, 0.717) is 0 Å². The number of anilines is 9. The minimum Gasteiger partial charge on any atom is -0.311 e. The first-order valence-corrected chi connectivity index (χ1v) is 30.0. The van der Waals surface area contributed by atoms with Gasteiger partial charge in [-0.3, -0.25) is 0 Å². The topological polar surface area (TPSA) is 9.72 Å². The highest BCUT2D eigenvalue weighted by Gasteiger charge is 2.48. The molecule has 0 N–H and O–H groups in total. The highest BCUT2D eigenvalue weighted by atomic mass is 15.2. The Bertz CT molecular complexity index is 4240. The van der Waals surface area contributed by atoms with Crippen LogP contribution in [0.1, 0.15) is 107 Å². The molecule has 0 amide bonds. The van der Waals surface area contributed by atoms with E-state index in [1.165, 1.54) is 106 Å². The summed E-state index contributed by atoms with van der Waals surface area (Å²) >= 11 is 0. The Labute approximate surface area is 498 Å². The maximum Gasteiger partial charge on any atom is 0.252 e. The molecule has 0 saturated heterocycles. The molecule has 0 radical (unpaired) electrons. The van der Waals surface area contributed by atoms with Gasteiger partial charge in [0.15, 0.2) is 0 Å². The summed E-state index contributed by atoms with van der Waals surface area (Å²) in [5.74, 6) is 0. The summed E-state index contributed by atoms with van der Waals surface area (Å²) in [6.07, 6.45) is 0. The highest BCUT2D eigenvalue weighted by molar-refractivity contribution is 7.00. The van der Waals surface area contributed by atoms with E-state index in [1.54, 1.807) is 0 Å². The van der Waals surface area contributed by atoms with Gasteiger partial charge in [-0.25, -0.2) is 0 Å².